The van der Waals surface area contributed by atoms with Crippen LogP contribution in [0.3, 0.4) is 0 Å². The van der Waals surface area contributed by atoms with Gasteiger partial charge < -0.3 is 4.74 Å². The van der Waals surface area contributed by atoms with E-state index in [2.05, 4.69) is 26.0 Å². The van der Waals surface area contributed by atoms with Crippen LogP contribution in [0.4, 0.5) is 0 Å². The summed E-state index contributed by atoms with van der Waals surface area (Å²) >= 11 is 0. The molecular formula is C33H64O2. The Hall–Kier alpha value is -0.790. The van der Waals surface area contributed by atoms with Crippen molar-refractivity contribution in [2.45, 2.75) is 187 Å². The van der Waals surface area contributed by atoms with Crippen molar-refractivity contribution in [1.82, 2.24) is 0 Å². The van der Waals surface area contributed by atoms with Crippen LogP contribution in [0.5, 0.6) is 0 Å². The molecule has 0 saturated carbocycles. The Balaban J connectivity index is 3.18. The highest BCUT2D eigenvalue weighted by Gasteiger charge is 2.02. The van der Waals surface area contributed by atoms with Crippen molar-refractivity contribution in [1.29, 1.82) is 0 Å². The molecule has 208 valence electrons. The maximum atomic E-state index is 11.9. The summed E-state index contributed by atoms with van der Waals surface area (Å²) in [6.45, 7) is 5.18. The lowest BCUT2D eigenvalue weighted by atomic mass is 10.0. The SMILES string of the molecule is CCCCCCC/C=C/CCCCCCCCC(=O)OCCCCCCCCCCCCCCC. The molecule has 0 spiro atoms. The first-order valence-corrected chi connectivity index (χ1v) is 16.1. The summed E-state index contributed by atoms with van der Waals surface area (Å²) in [7, 11) is 0. The molecule has 0 aliphatic heterocycles. The number of rotatable bonds is 29. The third-order valence-electron chi connectivity index (χ3n) is 7.15. The van der Waals surface area contributed by atoms with Crippen LogP contribution in [0.2, 0.25) is 0 Å². The van der Waals surface area contributed by atoms with Gasteiger partial charge in [-0.05, 0) is 38.5 Å². The van der Waals surface area contributed by atoms with Gasteiger partial charge >= 0.3 is 5.97 Å². The van der Waals surface area contributed by atoms with Crippen molar-refractivity contribution in [2.75, 3.05) is 6.61 Å². The zero-order valence-corrected chi connectivity index (χ0v) is 24.3. The Morgan fingerprint density at radius 1 is 0.457 bits per heavy atom. The van der Waals surface area contributed by atoms with Crippen molar-refractivity contribution >= 4 is 5.97 Å². The molecule has 0 fully saturated rings. The molecule has 0 aliphatic rings. The molecule has 0 amide bonds. The van der Waals surface area contributed by atoms with E-state index in [-0.39, 0.29) is 5.97 Å². The largest absolute Gasteiger partial charge is 0.466 e. The van der Waals surface area contributed by atoms with Crippen molar-refractivity contribution in [3.63, 3.8) is 0 Å². The molecule has 2 nitrogen and oxygen atoms in total. The maximum absolute atomic E-state index is 11.9. The molecule has 2 heteroatoms. The Bertz CT molecular complexity index is 429. The summed E-state index contributed by atoms with van der Waals surface area (Å²) in [4.78, 5) is 11.9. The predicted octanol–water partition coefficient (Wildman–Crippen LogP) is 11.7. The number of allylic oxidation sites excluding steroid dienone is 2. The van der Waals surface area contributed by atoms with E-state index < -0.39 is 0 Å². The Morgan fingerprint density at radius 2 is 0.800 bits per heavy atom. The van der Waals surface area contributed by atoms with Crippen LogP contribution >= 0.6 is 0 Å². The zero-order valence-electron chi connectivity index (χ0n) is 24.3. The Kier molecular flexibility index (Phi) is 30.5. The molecule has 0 unspecified atom stereocenters. The van der Waals surface area contributed by atoms with Gasteiger partial charge in [-0.2, -0.15) is 0 Å². The quantitative estimate of drug-likeness (QED) is 0.0589. The van der Waals surface area contributed by atoms with Crippen LogP contribution in [-0.4, -0.2) is 12.6 Å². The number of ether oxygens (including phenoxy) is 1. The number of hydrogen-bond acceptors (Lipinski definition) is 2. The highest BCUT2D eigenvalue weighted by molar-refractivity contribution is 5.69. The highest BCUT2D eigenvalue weighted by atomic mass is 16.5. The second-order valence-electron chi connectivity index (χ2n) is 10.8. The predicted molar refractivity (Wildman–Crippen MR) is 156 cm³/mol. The van der Waals surface area contributed by atoms with Gasteiger partial charge in [0.25, 0.3) is 0 Å². The van der Waals surface area contributed by atoms with E-state index in [0.29, 0.717) is 13.0 Å². The summed E-state index contributed by atoms with van der Waals surface area (Å²) in [6, 6.07) is 0. The van der Waals surface area contributed by atoms with Gasteiger partial charge in [0, 0.05) is 6.42 Å². The van der Waals surface area contributed by atoms with Gasteiger partial charge in [-0.15, -0.1) is 0 Å². The van der Waals surface area contributed by atoms with Crippen molar-refractivity contribution < 1.29 is 9.53 Å². The van der Waals surface area contributed by atoms with Crippen LogP contribution in [0, 0.1) is 0 Å². The molecule has 0 N–H and O–H groups in total. The second kappa shape index (κ2) is 31.2. The lowest BCUT2D eigenvalue weighted by molar-refractivity contribution is -0.143. The second-order valence-corrected chi connectivity index (χ2v) is 10.8. The summed E-state index contributed by atoms with van der Waals surface area (Å²) < 4.78 is 5.41. The van der Waals surface area contributed by atoms with Crippen molar-refractivity contribution in [3.05, 3.63) is 12.2 Å². The fourth-order valence-electron chi connectivity index (χ4n) is 4.72. The molecule has 0 aliphatic carbocycles. The fourth-order valence-corrected chi connectivity index (χ4v) is 4.72. The minimum atomic E-state index is 0.0174. The van der Waals surface area contributed by atoms with Crippen LogP contribution < -0.4 is 0 Å². The third kappa shape index (κ3) is 31.2. The molecule has 0 saturated heterocycles. The lowest BCUT2D eigenvalue weighted by Gasteiger charge is -2.05. The summed E-state index contributed by atoms with van der Waals surface area (Å²) in [5.41, 5.74) is 0. The van der Waals surface area contributed by atoms with E-state index in [1.807, 2.05) is 0 Å². The molecule has 35 heavy (non-hydrogen) atoms. The number of hydrogen-bond donors (Lipinski definition) is 0. The molecule has 0 aromatic rings. The normalized spacial score (nSPS) is 11.5. The first-order chi connectivity index (χ1) is 17.3. The number of carbonyl (C=O) groups excluding carboxylic acids is 1. The first kappa shape index (κ1) is 34.2. The molecule has 0 rings (SSSR count). The minimum Gasteiger partial charge on any atom is -0.466 e. The summed E-state index contributed by atoms with van der Waals surface area (Å²) in [5, 5.41) is 0. The van der Waals surface area contributed by atoms with E-state index in [1.165, 1.54) is 154 Å². The summed E-state index contributed by atoms with van der Waals surface area (Å²) in [5.74, 6) is 0.0174. The highest BCUT2D eigenvalue weighted by Crippen LogP contribution is 2.13. The molecule has 0 bridgehead atoms. The monoisotopic (exact) mass is 492 g/mol. The van der Waals surface area contributed by atoms with Gasteiger partial charge in [0.2, 0.25) is 0 Å². The number of unbranched alkanes of at least 4 members (excludes halogenated alkanes) is 23. The van der Waals surface area contributed by atoms with Gasteiger partial charge in [0.1, 0.15) is 0 Å². The van der Waals surface area contributed by atoms with Crippen LogP contribution in [0.25, 0.3) is 0 Å². The Morgan fingerprint density at radius 3 is 1.23 bits per heavy atom. The van der Waals surface area contributed by atoms with E-state index in [1.54, 1.807) is 0 Å². The first-order valence-electron chi connectivity index (χ1n) is 16.1. The van der Waals surface area contributed by atoms with E-state index in [0.717, 1.165) is 12.8 Å². The van der Waals surface area contributed by atoms with Crippen molar-refractivity contribution in [3.8, 4) is 0 Å². The van der Waals surface area contributed by atoms with Crippen molar-refractivity contribution in [2.24, 2.45) is 0 Å². The zero-order chi connectivity index (χ0) is 25.5. The number of carbonyl (C=O) groups is 1. The van der Waals surface area contributed by atoms with Crippen LogP contribution in [0.1, 0.15) is 187 Å². The smallest absolute Gasteiger partial charge is 0.305 e. The van der Waals surface area contributed by atoms with Gasteiger partial charge in [0.15, 0.2) is 0 Å². The van der Waals surface area contributed by atoms with Gasteiger partial charge in [-0.1, -0.05) is 154 Å². The van der Waals surface area contributed by atoms with E-state index in [4.69, 9.17) is 4.74 Å². The number of esters is 1. The van der Waals surface area contributed by atoms with E-state index in [9.17, 15) is 4.79 Å². The maximum Gasteiger partial charge on any atom is 0.305 e. The molecule has 0 aromatic carbocycles. The van der Waals surface area contributed by atoms with Gasteiger partial charge in [-0.25, -0.2) is 0 Å². The van der Waals surface area contributed by atoms with Gasteiger partial charge in [-0.3, -0.25) is 4.79 Å². The molecule has 0 radical (unpaired) electrons. The molecular weight excluding hydrogens is 428 g/mol. The lowest BCUT2D eigenvalue weighted by Crippen LogP contribution is -2.05. The average Bonchev–Trinajstić information content (AvgIpc) is 2.86. The topological polar surface area (TPSA) is 26.3 Å². The van der Waals surface area contributed by atoms with E-state index >= 15 is 0 Å². The standard InChI is InChI=1S/C33H64O2/c1-3-5-7-9-11-13-15-17-18-19-21-23-25-27-29-31-33(34)35-32-30-28-26-24-22-20-16-14-12-10-8-6-4-2/h15,17H,3-14,16,18-32H2,1-2H3/b17-15+. The minimum absolute atomic E-state index is 0.0174. The summed E-state index contributed by atoms with van der Waals surface area (Å²) in [6.07, 6.45) is 39.7. The average molecular weight is 493 g/mol. The fraction of sp³-hybridized carbons (Fsp3) is 0.909. The Labute approximate surface area is 221 Å². The van der Waals surface area contributed by atoms with Gasteiger partial charge in [0.05, 0.1) is 6.61 Å². The molecule has 0 aromatic heterocycles. The third-order valence-corrected chi connectivity index (χ3v) is 7.15. The molecule has 0 heterocycles. The van der Waals surface area contributed by atoms with Crippen LogP contribution in [-0.2, 0) is 9.53 Å². The molecule has 0 atom stereocenters. The van der Waals surface area contributed by atoms with Crippen LogP contribution in [0.15, 0.2) is 12.2 Å².